The number of hydrogen-bond donors (Lipinski definition) is 1. The van der Waals surface area contributed by atoms with Crippen LogP contribution >= 0.6 is 0 Å². The molecule has 1 aromatic heterocycles. The molecule has 148 valence electrons. The predicted octanol–water partition coefficient (Wildman–Crippen LogP) is 4.49. The Labute approximate surface area is 168 Å². The van der Waals surface area contributed by atoms with Crippen LogP contribution < -0.4 is 10.5 Å². The number of nitrogens with two attached hydrogens (primary N) is 1. The van der Waals surface area contributed by atoms with Crippen LogP contribution in [0.3, 0.4) is 0 Å². The molecule has 2 aromatic carbocycles. The molecule has 1 aliphatic heterocycles. The van der Waals surface area contributed by atoms with Crippen LogP contribution in [0.5, 0.6) is 11.5 Å². The van der Waals surface area contributed by atoms with Gasteiger partial charge in [0.25, 0.3) is 0 Å². The van der Waals surface area contributed by atoms with E-state index in [0.717, 1.165) is 36.2 Å². The van der Waals surface area contributed by atoms with E-state index in [0.29, 0.717) is 23.9 Å². The molecular weight excluding hydrogens is 369 g/mol. The molecule has 29 heavy (non-hydrogen) atoms. The molecule has 0 amide bonds. The molecule has 6 nitrogen and oxygen atoms in total. The monoisotopic (exact) mass is 391 g/mol. The zero-order chi connectivity index (χ0) is 20.4. The summed E-state index contributed by atoms with van der Waals surface area (Å²) in [4.78, 5) is 1.75. The van der Waals surface area contributed by atoms with Gasteiger partial charge in [-0.2, -0.15) is 10.4 Å². The van der Waals surface area contributed by atoms with Crippen molar-refractivity contribution in [1.82, 2.24) is 14.7 Å². The maximum absolute atomic E-state index is 13.2. The van der Waals surface area contributed by atoms with Gasteiger partial charge in [-0.3, -0.25) is 0 Å². The topological polar surface area (TPSA) is 80.1 Å². The minimum atomic E-state index is -0.283. The van der Waals surface area contributed by atoms with Crippen LogP contribution in [0.4, 0.5) is 10.2 Å². The lowest BCUT2D eigenvalue weighted by Gasteiger charge is -2.29. The Kier molecular flexibility index (Phi) is 5.09. The number of halogens is 1. The Morgan fingerprint density at radius 3 is 2.72 bits per heavy atom. The Hall–Kier alpha value is -3.53. The van der Waals surface area contributed by atoms with Crippen molar-refractivity contribution >= 4 is 5.82 Å². The summed E-state index contributed by atoms with van der Waals surface area (Å²) < 4.78 is 20.9. The number of likely N-dealkylation sites (tertiary alicyclic amines) is 1. The maximum atomic E-state index is 13.2. The van der Waals surface area contributed by atoms with Crippen LogP contribution in [0, 0.1) is 24.2 Å². The van der Waals surface area contributed by atoms with E-state index in [4.69, 9.17) is 15.7 Å². The first-order valence-corrected chi connectivity index (χ1v) is 9.57. The quantitative estimate of drug-likeness (QED) is 0.663. The van der Waals surface area contributed by atoms with Crippen molar-refractivity contribution in [2.75, 3.05) is 18.8 Å². The second-order valence-electron chi connectivity index (χ2n) is 7.28. The van der Waals surface area contributed by atoms with Crippen molar-refractivity contribution in [1.29, 1.82) is 5.26 Å². The van der Waals surface area contributed by atoms with Crippen LogP contribution in [-0.4, -0.2) is 27.8 Å². The van der Waals surface area contributed by atoms with Crippen molar-refractivity contribution < 1.29 is 9.13 Å². The second-order valence-corrected chi connectivity index (χ2v) is 7.28. The smallest absolute Gasteiger partial charge is 0.179 e. The first-order chi connectivity index (χ1) is 14.0. The lowest BCUT2D eigenvalue weighted by Crippen LogP contribution is -2.34. The number of piperidine rings is 1. The maximum Gasteiger partial charge on any atom is 0.179 e. The standard InChI is InChI=1S/C22H22FN5O/c1-15-11-17(23)6-9-21(15)29-19-7-4-16(5-8-19)20-12-22(25)28(26-20)18-3-2-10-27(13-18)14-24/h4-9,11-12,18H,2-3,10,13,25H2,1H3. The van der Waals surface area contributed by atoms with E-state index >= 15 is 0 Å². The highest BCUT2D eigenvalue weighted by atomic mass is 19.1. The fraction of sp³-hybridized carbons (Fsp3) is 0.273. The van der Waals surface area contributed by atoms with Gasteiger partial charge in [-0.15, -0.1) is 0 Å². The minimum absolute atomic E-state index is 0.0983. The van der Waals surface area contributed by atoms with Gasteiger partial charge < -0.3 is 15.4 Å². The normalized spacial score (nSPS) is 16.4. The van der Waals surface area contributed by atoms with E-state index in [9.17, 15) is 4.39 Å². The number of nitrogen functional groups attached to an aromatic ring is 1. The molecule has 1 aliphatic rings. The largest absolute Gasteiger partial charge is 0.457 e. The summed E-state index contributed by atoms with van der Waals surface area (Å²) in [7, 11) is 0. The summed E-state index contributed by atoms with van der Waals surface area (Å²) in [6.07, 6.45) is 4.11. The molecule has 1 atom stereocenters. The van der Waals surface area contributed by atoms with Gasteiger partial charge in [0.1, 0.15) is 23.1 Å². The number of anilines is 1. The lowest BCUT2D eigenvalue weighted by atomic mass is 10.1. The van der Waals surface area contributed by atoms with Crippen molar-refractivity contribution in [3.8, 4) is 28.9 Å². The molecular formula is C22H22FN5O. The number of nitrogens with zero attached hydrogens (tertiary/aromatic N) is 4. The molecule has 0 aliphatic carbocycles. The molecule has 2 N–H and O–H groups in total. The zero-order valence-corrected chi connectivity index (χ0v) is 16.2. The fourth-order valence-corrected chi connectivity index (χ4v) is 3.64. The number of benzene rings is 2. The lowest BCUT2D eigenvalue weighted by molar-refractivity contribution is 0.235. The minimum Gasteiger partial charge on any atom is -0.457 e. The highest BCUT2D eigenvalue weighted by molar-refractivity contribution is 5.63. The van der Waals surface area contributed by atoms with E-state index in [1.807, 2.05) is 35.0 Å². The molecule has 0 radical (unpaired) electrons. The number of rotatable bonds is 4. The number of nitriles is 1. The molecule has 0 spiro atoms. The van der Waals surface area contributed by atoms with E-state index < -0.39 is 0 Å². The van der Waals surface area contributed by atoms with E-state index in [1.165, 1.54) is 12.1 Å². The van der Waals surface area contributed by atoms with Crippen LogP contribution in [-0.2, 0) is 0 Å². The Balaban J connectivity index is 1.51. The number of aromatic nitrogens is 2. The summed E-state index contributed by atoms with van der Waals surface area (Å²) in [5.41, 5.74) is 8.64. The van der Waals surface area contributed by atoms with E-state index in [2.05, 4.69) is 11.3 Å². The van der Waals surface area contributed by atoms with Gasteiger partial charge >= 0.3 is 0 Å². The third-order valence-electron chi connectivity index (χ3n) is 5.16. The molecule has 1 saturated heterocycles. The SMILES string of the molecule is Cc1cc(F)ccc1Oc1ccc(-c2cc(N)n(C3CCCN(C#N)C3)n2)cc1. The number of aryl methyl sites for hydroxylation is 1. The molecule has 1 fully saturated rings. The van der Waals surface area contributed by atoms with Crippen LogP contribution in [0.15, 0.2) is 48.5 Å². The summed E-state index contributed by atoms with van der Waals surface area (Å²) in [5, 5.41) is 13.8. The van der Waals surface area contributed by atoms with Gasteiger partial charge in [-0.1, -0.05) is 0 Å². The molecule has 4 rings (SSSR count). The molecule has 0 bridgehead atoms. The first-order valence-electron chi connectivity index (χ1n) is 9.57. The third kappa shape index (κ3) is 4.02. The summed E-state index contributed by atoms with van der Waals surface area (Å²) in [6, 6.07) is 13.9. The van der Waals surface area contributed by atoms with Gasteiger partial charge in [0.05, 0.1) is 18.3 Å². The summed E-state index contributed by atoms with van der Waals surface area (Å²) >= 11 is 0. The Bertz CT molecular complexity index is 1050. The van der Waals surface area contributed by atoms with Gasteiger partial charge in [-0.05, 0) is 67.8 Å². The number of hydrogen-bond acceptors (Lipinski definition) is 5. The second kappa shape index (κ2) is 7.84. The van der Waals surface area contributed by atoms with Crippen LogP contribution in [0.1, 0.15) is 24.4 Å². The average Bonchev–Trinajstić information content (AvgIpc) is 3.12. The highest BCUT2D eigenvalue weighted by Crippen LogP contribution is 2.30. The first kappa shape index (κ1) is 18.8. The van der Waals surface area contributed by atoms with E-state index in [1.54, 1.807) is 17.9 Å². The molecule has 0 saturated carbocycles. The predicted molar refractivity (Wildman–Crippen MR) is 109 cm³/mol. The zero-order valence-electron chi connectivity index (χ0n) is 16.2. The Morgan fingerprint density at radius 2 is 2.00 bits per heavy atom. The number of ether oxygens (including phenoxy) is 1. The van der Waals surface area contributed by atoms with Crippen molar-refractivity contribution in [3.63, 3.8) is 0 Å². The van der Waals surface area contributed by atoms with Gasteiger partial charge in [0.15, 0.2) is 6.19 Å². The van der Waals surface area contributed by atoms with Gasteiger partial charge in [-0.25, -0.2) is 9.07 Å². The summed E-state index contributed by atoms with van der Waals surface area (Å²) in [6.45, 7) is 3.22. The Morgan fingerprint density at radius 1 is 1.21 bits per heavy atom. The van der Waals surface area contributed by atoms with Crippen molar-refractivity contribution in [3.05, 3.63) is 59.9 Å². The van der Waals surface area contributed by atoms with Gasteiger partial charge in [0.2, 0.25) is 0 Å². The van der Waals surface area contributed by atoms with Crippen LogP contribution in [0.2, 0.25) is 0 Å². The molecule has 3 aromatic rings. The van der Waals surface area contributed by atoms with E-state index in [-0.39, 0.29) is 11.9 Å². The van der Waals surface area contributed by atoms with Crippen molar-refractivity contribution in [2.24, 2.45) is 0 Å². The highest BCUT2D eigenvalue weighted by Gasteiger charge is 2.23. The average molecular weight is 391 g/mol. The van der Waals surface area contributed by atoms with Crippen LogP contribution in [0.25, 0.3) is 11.3 Å². The van der Waals surface area contributed by atoms with Crippen molar-refractivity contribution in [2.45, 2.75) is 25.8 Å². The molecule has 7 heteroatoms. The fourth-order valence-electron chi connectivity index (χ4n) is 3.64. The summed E-state index contributed by atoms with van der Waals surface area (Å²) in [5.74, 6) is 1.58. The third-order valence-corrected chi connectivity index (χ3v) is 5.16. The molecule has 2 heterocycles. The molecule has 1 unspecified atom stereocenters. The van der Waals surface area contributed by atoms with Gasteiger partial charge in [0, 0.05) is 18.2 Å².